The Morgan fingerprint density at radius 3 is 2.41 bits per heavy atom. The molecule has 3 rings (SSSR count). The second-order valence-electron chi connectivity index (χ2n) is 6.93. The molecule has 146 valence electrons. The molecule has 1 aromatic carbocycles. The Bertz CT molecular complexity index is 768. The van der Waals surface area contributed by atoms with E-state index in [9.17, 15) is 9.59 Å². The molecule has 27 heavy (non-hydrogen) atoms. The maximum Gasteiger partial charge on any atom is 0.253 e. The Labute approximate surface area is 164 Å². The first-order valence-electron chi connectivity index (χ1n) is 9.88. The monoisotopic (exact) mass is 388 g/mol. The van der Waals surface area contributed by atoms with Crippen LogP contribution in [0.25, 0.3) is 0 Å². The first-order chi connectivity index (χ1) is 13.3. The van der Waals surface area contributed by atoms with Crippen molar-refractivity contribution < 1.29 is 0 Å². The van der Waals surface area contributed by atoms with Crippen LogP contribution >= 0.6 is 11.9 Å². The molecule has 0 amide bonds. The van der Waals surface area contributed by atoms with E-state index in [-0.39, 0.29) is 0 Å². The summed E-state index contributed by atoms with van der Waals surface area (Å²) in [7, 11) is 0. The van der Waals surface area contributed by atoms with Crippen molar-refractivity contribution in [3.05, 3.63) is 45.0 Å². The van der Waals surface area contributed by atoms with Gasteiger partial charge in [0, 0.05) is 43.5 Å². The van der Waals surface area contributed by atoms with Crippen molar-refractivity contribution in [3.8, 4) is 0 Å². The second kappa shape index (κ2) is 10.5. The Hall–Kier alpha value is -1.86. The Kier molecular flexibility index (Phi) is 7.71. The molecule has 0 spiro atoms. The van der Waals surface area contributed by atoms with E-state index in [0.717, 1.165) is 25.1 Å². The van der Waals surface area contributed by atoms with Gasteiger partial charge in [-0.3, -0.25) is 18.9 Å². The van der Waals surface area contributed by atoms with Crippen molar-refractivity contribution in [2.24, 2.45) is 0 Å². The van der Waals surface area contributed by atoms with Gasteiger partial charge in [0.25, 0.3) is 10.9 Å². The van der Waals surface area contributed by atoms with Crippen LogP contribution in [-0.2, 0) is 0 Å². The molecule has 1 fully saturated rings. The number of hydrogen-bond donors (Lipinski definition) is 2. The number of nitrogens with one attached hydrogen (secondary N) is 2. The Morgan fingerprint density at radius 1 is 0.926 bits per heavy atom. The molecule has 0 saturated carbocycles. The van der Waals surface area contributed by atoms with E-state index in [0.29, 0.717) is 11.4 Å². The fourth-order valence-corrected chi connectivity index (χ4v) is 4.35. The lowest BCUT2D eigenvalue weighted by Gasteiger charge is -2.24. The number of nitrogens with zero attached hydrogens (tertiary/aromatic N) is 2. The molecule has 6 nitrogen and oxygen atoms in total. The van der Waals surface area contributed by atoms with Crippen molar-refractivity contribution in [2.45, 2.75) is 44.9 Å². The summed E-state index contributed by atoms with van der Waals surface area (Å²) in [5, 5.41) is 6.14. The summed E-state index contributed by atoms with van der Waals surface area (Å²) < 4.78 is 2.51. The molecule has 0 bridgehead atoms. The minimum Gasteiger partial charge on any atom is -0.380 e. The van der Waals surface area contributed by atoms with Crippen LogP contribution in [0.4, 0.5) is 17.1 Å². The van der Waals surface area contributed by atoms with Gasteiger partial charge in [-0.2, -0.15) is 0 Å². The first kappa shape index (κ1) is 19.9. The van der Waals surface area contributed by atoms with Crippen LogP contribution < -0.4 is 21.5 Å². The SMILES string of the molecule is O=c1c(NCCCCCCSN2CCCCC2)c(Nc2ccncc2)c1=O. The van der Waals surface area contributed by atoms with E-state index in [1.165, 1.54) is 50.9 Å². The van der Waals surface area contributed by atoms with Crippen molar-refractivity contribution >= 4 is 29.0 Å². The maximum atomic E-state index is 11.8. The fraction of sp³-hybridized carbons (Fsp3) is 0.550. The van der Waals surface area contributed by atoms with E-state index < -0.39 is 10.9 Å². The van der Waals surface area contributed by atoms with E-state index >= 15 is 0 Å². The molecule has 1 aromatic heterocycles. The molecule has 7 heteroatoms. The average molecular weight is 389 g/mol. The van der Waals surface area contributed by atoms with Crippen LogP contribution in [0.5, 0.6) is 0 Å². The van der Waals surface area contributed by atoms with Gasteiger partial charge >= 0.3 is 0 Å². The number of piperidine rings is 1. The zero-order valence-electron chi connectivity index (χ0n) is 15.7. The number of pyridine rings is 1. The molecule has 0 atom stereocenters. The van der Waals surface area contributed by atoms with Crippen molar-refractivity contribution in [3.63, 3.8) is 0 Å². The van der Waals surface area contributed by atoms with Crippen LogP contribution in [-0.4, -0.2) is 34.7 Å². The lowest BCUT2D eigenvalue weighted by atomic mass is 10.1. The minimum atomic E-state index is -0.455. The van der Waals surface area contributed by atoms with E-state index in [2.05, 4.69) is 19.9 Å². The van der Waals surface area contributed by atoms with Gasteiger partial charge in [-0.1, -0.05) is 31.2 Å². The summed E-state index contributed by atoms with van der Waals surface area (Å²) in [6.45, 7) is 3.20. The number of anilines is 3. The van der Waals surface area contributed by atoms with E-state index in [1.807, 2.05) is 11.9 Å². The quantitative estimate of drug-likeness (QED) is 0.346. The Morgan fingerprint density at radius 2 is 1.63 bits per heavy atom. The topological polar surface area (TPSA) is 74.3 Å². The molecule has 0 unspecified atom stereocenters. The third kappa shape index (κ3) is 5.81. The minimum absolute atomic E-state index is 0.365. The van der Waals surface area contributed by atoms with Gasteiger partial charge in [0.1, 0.15) is 11.4 Å². The molecule has 2 aromatic rings. The molecular formula is C20H28N4O2S. The van der Waals surface area contributed by atoms with Crippen LogP contribution in [0.3, 0.4) is 0 Å². The van der Waals surface area contributed by atoms with E-state index in [4.69, 9.17) is 0 Å². The van der Waals surface area contributed by atoms with Crippen LogP contribution in [0.1, 0.15) is 44.9 Å². The lowest BCUT2D eigenvalue weighted by molar-refractivity contribution is 0.380. The molecule has 1 aliphatic heterocycles. The average Bonchev–Trinajstić information content (AvgIpc) is 2.72. The summed E-state index contributed by atoms with van der Waals surface area (Å²) in [5.74, 6) is 1.20. The number of aromatic nitrogens is 1. The van der Waals surface area contributed by atoms with Gasteiger partial charge in [-0.05, 0) is 37.8 Å². The van der Waals surface area contributed by atoms with Crippen molar-refractivity contribution in [1.82, 2.24) is 9.29 Å². The third-order valence-corrected chi connectivity index (χ3v) is 6.02. The van der Waals surface area contributed by atoms with Gasteiger partial charge in [0.2, 0.25) is 0 Å². The molecule has 0 radical (unpaired) electrons. The molecule has 1 saturated heterocycles. The smallest absolute Gasteiger partial charge is 0.253 e. The van der Waals surface area contributed by atoms with Gasteiger partial charge in [0.05, 0.1) is 0 Å². The maximum absolute atomic E-state index is 11.8. The largest absolute Gasteiger partial charge is 0.380 e. The highest BCUT2D eigenvalue weighted by molar-refractivity contribution is 7.97. The fourth-order valence-electron chi connectivity index (χ4n) is 3.24. The summed E-state index contributed by atoms with van der Waals surface area (Å²) in [6.07, 6.45) is 11.9. The number of unbranched alkanes of at least 4 members (excludes halogenated alkanes) is 3. The van der Waals surface area contributed by atoms with Crippen LogP contribution in [0, 0.1) is 0 Å². The highest BCUT2D eigenvalue weighted by atomic mass is 32.2. The summed E-state index contributed by atoms with van der Waals surface area (Å²) >= 11 is 2.00. The van der Waals surface area contributed by atoms with Gasteiger partial charge < -0.3 is 10.6 Å². The van der Waals surface area contributed by atoms with Gasteiger partial charge in [0.15, 0.2) is 0 Å². The molecular weight excluding hydrogens is 360 g/mol. The van der Waals surface area contributed by atoms with Crippen LogP contribution in [0.2, 0.25) is 0 Å². The highest BCUT2D eigenvalue weighted by Crippen LogP contribution is 2.21. The molecule has 0 aliphatic carbocycles. The molecule has 2 N–H and O–H groups in total. The predicted molar refractivity (Wildman–Crippen MR) is 114 cm³/mol. The number of rotatable bonds is 11. The third-order valence-electron chi connectivity index (χ3n) is 4.82. The molecule has 1 aliphatic rings. The van der Waals surface area contributed by atoms with Crippen molar-refractivity contribution in [1.29, 1.82) is 0 Å². The second-order valence-corrected chi connectivity index (χ2v) is 8.12. The zero-order valence-corrected chi connectivity index (χ0v) is 16.5. The predicted octanol–water partition coefficient (Wildman–Crippen LogP) is 3.53. The van der Waals surface area contributed by atoms with Crippen LogP contribution in [0.15, 0.2) is 34.1 Å². The summed E-state index contributed by atoms with van der Waals surface area (Å²) in [4.78, 5) is 27.5. The summed E-state index contributed by atoms with van der Waals surface area (Å²) in [6, 6.07) is 3.53. The standard InChI is InChI=1S/C20H28N4O2S/c25-19-17(18(20(19)26)23-16-8-11-21-12-9-16)22-10-4-1-2-7-15-27-24-13-5-3-6-14-24/h8-9,11-12,22H,1-7,10,13-15H2,(H,21,23). The zero-order chi connectivity index (χ0) is 18.9. The van der Waals surface area contributed by atoms with E-state index in [1.54, 1.807) is 24.5 Å². The van der Waals surface area contributed by atoms with Gasteiger partial charge in [-0.25, -0.2) is 0 Å². The summed E-state index contributed by atoms with van der Waals surface area (Å²) in [5.41, 5.74) is 0.654. The van der Waals surface area contributed by atoms with Gasteiger partial charge in [-0.15, -0.1) is 0 Å². The number of hydrogen-bond acceptors (Lipinski definition) is 7. The molecule has 2 heterocycles. The lowest BCUT2D eigenvalue weighted by Crippen LogP contribution is -2.36. The van der Waals surface area contributed by atoms with Crippen molar-refractivity contribution in [2.75, 3.05) is 36.0 Å². The Balaban J connectivity index is 1.30. The highest BCUT2D eigenvalue weighted by Gasteiger charge is 2.20. The normalized spacial score (nSPS) is 15.1. The first-order valence-corrected chi connectivity index (χ1v) is 10.8.